The van der Waals surface area contributed by atoms with Gasteiger partial charge in [-0.1, -0.05) is 0 Å². The van der Waals surface area contributed by atoms with Crippen LogP contribution in [-0.4, -0.2) is 35.6 Å². The van der Waals surface area contributed by atoms with E-state index in [9.17, 15) is 9.59 Å². The summed E-state index contributed by atoms with van der Waals surface area (Å²) in [5, 5.41) is 14.3. The van der Waals surface area contributed by atoms with E-state index in [1.165, 1.54) is 12.3 Å². The number of aliphatic hydroxyl groups excluding tert-OH is 1. The molecule has 0 aliphatic rings. The monoisotopic (exact) mass is 280 g/mol. The Morgan fingerprint density at radius 2 is 2.20 bits per heavy atom. The van der Waals surface area contributed by atoms with Gasteiger partial charge in [-0.15, -0.1) is 0 Å². The molecule has 0 aliphatic carbocycles. The molecule has 0 saturated carbocycles. The van der Waals surface area contributed by atoms with E-state index in [0.717, 1.165) is 0 Å². The molecule has 1 aromatic heterocycles. The minimum absolute atomic E-state index is 0.142. The van der Waals surface area contributed by atoms with Crippen LogP contribution in [0.2, 0.25) is 0 Å². The highest BCUT2D eigenvalue weighted by Crippen LogP contribution is 2.02. The zero-order valence-corrected chi connectivity index (χ0v) is 11.7. The summed E-state index contributed by atoms with van der Waals surface area (Å²) in [6.45, 7) is 3.52. The minimum Gasteiger partial charge on any atom is -0.465 e. The van der Waals surface area contributed by atoms with Gasteiger partial charge in [-0.2, -0.15) is 0 Å². The number of furan rings is 1. The molecule has 1 aromatic rings. The van der Waals surface area contributed by atoms with E-state index in [-0.39, 0.29) is 31.4 Å². The van der Waals surface area contributed by atoms with Crippen molar-refractivity contribution in [1.29, 1.82) is 0 Å². The van der Waals surface area contributed by atoms with E-state index in [4.69, 9.17) is 9.52 Å². The second-order valence-corrected chi connectivity index (χ2v) is 4.98. The van der Waals surface area contributed by atoms with Gasteiger partial charge in [-0.05, 0) is 32.1 Å². The molecule has 0 radical (unpaired) electrons. The molecule has 1 rings (SSSR count). The summed E-state index contributed by atoms with van der Waals surface area (Å²) >= 11 is 0. The van der Waals surface area contributed by atoms with Crippen LogP contribution in [0.1, 0.15) is 26.0 Å². The maximum atomic E-state index is 11.5. The number of nitrogens with one attached hydrogen (secondary N) is 2. The fourth-order valence-electron chi connectivity index (χ4n) is 1.38. The van der Waals surface area contributed by atoms with Crippen LogP contribution in [0.25, 0.3) is 6.08 Å². The summed E-state index contributed by atoms with van der Waals surface area (Å²) < 4.78 is 5.04. The van der Waals surface area contributed by atoms with Crippen LogP contribution in [-0.2, 0) is 9.59 Å². The molecule has 0 unspecified atom stereocenters. The van der Waals surface area contributed by atoms with E-state index in [2.05, 4.69) is 10.6 Å². The predicted molar refractivity (Wildman–Crippen MR) is 74.7 cm³/mol. The summed E-state index contributed by atoms with van der Waals surface area (Å²) in [5.74, 6) is 0.0672. The van der Waals surface area contributed by atoms with Crippen molar-refractivity contribution in [2.45, 2.75) is 25.8 Å². The highest BCUT2D eigenvalue weighted by molar-refractivity contribution is 5.91. The predicted octanol–water partition coefficient (Wildman–Crippen LogP) is 0.686. The van der Waals surface area contributed by atoms with Crippen molar-refractivity contribution < 1.29 is 19.1 Å². The van der Waals surface area contributed by atoms with Crippen molar-refractivity contribution >= 4 is 17.9 Å². The number of aliphatic hydroxyl groups is 1. The van der Waals surface area contributed by atoms with Gasteiger partial charge in [0, 0.05) is 19.0 Å². The zero-order valence-electron chi connectivity index (χ0n) is 11.7. The lowest BCUT2D eigenvalue weighted by atomic mass is 10.1. The topological polar surface area (TPSA) is 91.6 Å². The van der Waals surface area contributed by atoms with Gasteiger partial charge in [-0.3, -0.25) is 9.59 Å². The number of amides is 2. The number of hydrogen-bond donors (Lipinski definition) is 3. The third-order valence-corrected chi connectivity index (χ3v) is 2.47. The highest BCUT2D eigenvalue weighted by Gasteiger charge is 2.18. The van der Waals surface area contributed by atoms with Crippen LogP contribution in [0.15, 0.2) is 28.9 Å². The van der Waals surface area contributed by atoms with Crippen LogP contribution in [0.4, 0.5) is 0 Å². The van der Waals surface area contributed by atoms with Crippen LogP contribution < -0.4 is 10.6 Å². The Morgan fingerprint density at radius 3 is 2.80 bits per heavy atom. The van der Waals surface area contributed by atoms with Gasteiger partial charge in [0.2, 0.25) is 11.8 Å². The Hall–Kier alpha value is -2.08. The first-order valence-corrected chi connectivity index (χ1v) is 6.34. The molecule has 20 heavy (non-hydrogen) atoms. The van der Waals surface area contributed by atoms with Crippen LogP contribution in [0.5, 0.6) is 0 Å². The van der Waals surface area contributed by atoms with E-state index >= 15 is 0 Å². The van der Waals surface area contributed by atoms with Crippen LogP contribution >= 0.6 is 0 Å². The maximum Gasteiger partial charge on any atom is 0.244 e. The first kappa shape index (κ1) is 16.0. The number of carbonyl (C=O) groups is 2. The molecule has 6 heteroatoms. The second-order valence-electron chi connectivity index (χ2n) is 4.98. The fraction of sp³-hybridized carbons (Fsp3) is 0.429. The van der Waals surface area contributed by atoms with Gasteiger partial charge in [-0.25, -0.2) is 0 Å². The molecule has 1 heterocycles. The normalized spacial score (nSPS) is 11.6. The molecule has 6 nitrogen and oxygen atoms in total. The lowest BCUT2D eigenvalue weighted by Crippen LogP contribution is -2.47. The summed E-state index contributed by atoms with van der Waals surface area (Å²) in [4.78, 5) is 23.0. The number of rotatable bonds is 7. The third-order valence-electron chi connectivity index (χ3n) is 2.47. The molecule has 0 bridgehead atoms. The molecule has 0 atom stereocenters. The molecular weight excluding hydrogens is 260 g/mol. The Kier molecular flexibility index (Phi) is 5.99. The maximum absolute atomic E-state index is 11.5. The van der Waals surface area contributed by atoms with E-state index in [1.54, 1.807) is 32.1 Å². The smallest absolute Gasteiger partial charge is 0.244 e. The molecular formula is C14H20N2O4. The molecule has 3 N–H and O–H groups in total. The Balaban J connectivity index is 2.23. The molecule has 0 aliphatic heterocycles. The molecule has 0 fully saturated rings. The lowest BCUT2D eigenvalue weighted by Gasteiger charge is -2.23. The minimum atomic E-state index is -0.652. The molecule has 110 valence electrons. The first-order valence-electron chi connectivity index (χ1n) is 6.34. The third kappa shape index (κ3) is 6.19. The van der Waals surface area contributed by atoms with Crippen molar-refractivity contribution in [3.8, 4) is 0 Å². The summed E-state index contributed by atoms with van der Waals surface area (Å²) in [5.41, 5.74) is -0.652. The van der Waals surface area contributed by atoms with E-state index in [1.807, 2.05) is 0 Å². The van der Waals surface area contributed by atoms with E-state index in [0.29, 0.717) is 5.76 Å². The summed E-state index contributed by atoms with van der Waals surface area (Å²) in [6, 6.07) is 3.46. The highest BCUT2D eigenvalue weighted by atomic mass is 16.3. The van der Waals surface area contributed by atoms with Gasteiger partial charge < -0.3 is 20.2 Å². The van der Waals surface area contributed by atoms with Gasteiger partial charge >= 0.3 is 0 Å². The first-order chi connectivity index (χ1) is 9.43. The number of hydrogen-bond acceptors (Lipinski definition) is 4. The Labute approximate surface area is 117 Å². The van der Waals surface area contributed by atoms with Gasteiger partial charge in [0.1, 0.15) is 5.76 Å². The van der Waals surface area contributed by atoms with Crippen molar-refractivity contribution in [3.63, 3.8) is 0 Å². The summed E-state index contributed by atoms with van der Waals surface area (Å²) in [7, 11) is 0. The molecule has 0 aromatic carbocycles. The molecule has 0 saturated heterocycles. The van der Waals surface area contributed by atoms with Crippen molar-refractivity contribution in [2.24, 2.45) is 0 Å². The standard InChI is InChI=1S/C14H20N2O4/c1-14(2,10-17)16-13(19)7-8-15-12(18)6-5-11-4-3-9-20-11/h3-6,9,17H,7-8,10H2,1-2H3,(H,15,18)(H,16,19)/b6-5+. The number of carbonyl (C=O) groups excluding carboxylic acids is 2. The zero-order chi connectivity index (χ0) is 15.0. The quantitative estimate of drug-likeness (QED) is 0.641. The van der Waals surface area contributed by atoms with Gasteiger partial charge in [0.05, 0.1) is 18.4 Å². The molecule has 2 amide bonds. The van der Waals surface area contributed by atoms with E-state index < -0.39 is 5.54 Å². The average molecular weight is 280 g/mol. The van der Waals surface area contributed by atoms with Crippen molar-refractivity contribution in [1.82, 2.24) is 10.6 Å². The second kappa shape index (κ2) is 7.49. The largest absolute Gasteiger partial charge is 0.465 e. The van der Waals surface area contributed by atoms with Crippen LogP contribution in [0.3, 0.4) is 0 Å². The summed E-state index contributed by atoms with van der Waals surface area (Å²) in [6.07, 6.45) is 4.56. The van der Waals surface area contributed by atoms with Crippen molar-refractivity contribution in [2.75, 3.05) is 13.2 Å². The van der Waals surface area contributed by atoms with Crippen molar-refractivity contribution in [3.05, 3.63) is 30.2 Å². The fourth-order valence-corrected chi connectivity index (χ4v) is 1.38. The average Bonchev–Trinajstić information content (AvgIpc) is 2.89. The Bertz CT molecular complexity index is 464. The SMILES string of the molecule is CC(C)(CO)NC(=O)CCNC(=O)/C=C/c1ccco1. The van der Waals surface area contributed by atoms with Crippen LogP contribution in [0, 0.1) is 0 Å². The van der Waals surface area contributed by atoms with Gasteiger partial charge in [0.25, 0.3) is 0 Å². The van der Waals surface area contributed by atoms with Gasteiger partial charge in [0.15, 0.2) is 0 Å². The molecule has 0 spiro atoms. The Morgan fingerprint density at radius 1 is 1.45 bits per heavy atom. The lowest BCUT2D eigenvalue weighted by molar-refractivity contribution is -0.123.